The van der Waals surface area contributed by atoms with E-state index in [4.69, 9.17) is 23.2 Å². The van der Waals surface area contributed by atoms with E-state index in [2.05, 4.69) is 10.6 Å². The van der Waals surface area contributed by atoms with Crippen molar-refractivity contribution in [2.75, 3.05) is 49.9 Å². The van der Waals surface area contributed by atoms with Crippen molar-refractivity contribution in [1.29, 1.82) is 0 Å². The van der Waals surface area contributed by atoms with Crippen LogP contribution in [0, 0.1) is 0 Å². The van der Waals surface area contributed by atoms with E-state index in [-0.39, 0.29) is 11.8 Å². The zero-order chi connectivity index (χ0) is 19.9. The summed E-state index contributed by atoms with van der Waals surface area (Å²) in [6, 6.07) is 14.3. The molecule has 2 amide bonds. The minimum atomic E-state index is -0.0490. The van der Waals surface area contributed by atoms with Crippen molar-refractivity contribution < 1.29 is 19.4 Å². The van der Waals surface area contributed by atoms with Crippen molar-refractivity contribution in [2.45, 2.75) is 0 Å². The Balaban J connectivity index is 1.39. The Morgan fingerprint density at radius 1 is 0.786 bits per heavy atom. The predicted octanol–water partition coefficient (Wildman–Crippen LogP) is 0.354. The van der Waals surface area contributed by atoms with Gasteiger partial charge in [0.05, 0.1) is 10.7 Å². The topological polar surface area (TPSA) is 67.1 Å². The van der Waals surface area contributed by atoms with Crippen LogP contribution in [0.1, 0.15) is 0 Å². The maximum atomic E-state index is 12.2. The second-order valence-electron chi connectivity index (χ2n) is 6.94. The van der Waals surface area contributed by atoms with Crippen LogP contribution >= 0.6 is 23.2 Å². The number of halogens is 2. The average Bonchev–Trinajstić information content (AvgIpc) is 2.67. The molecule has 0 radical (unpaired) electrons. The fourth-order valence-corrected chi connectivity index (χ4v) is 3.57. The number of quaternary nitrogens is 2. The monoisotopic (exact) mass is 422 g/mol. The molecule has 1 saturated heterocycles. The fourth-order valence-electron chi connectivity index (χ4n) is 3.26. The van der Waals surface area contributed by atoms with Gasteiger partial charge in [-0.05, 0) is 36.4 Å². The highest BCUT2D eigenvalue weighted by atomic mass is 35.5. The number of hydrogen-bond donors (Lipinski definition) is 4. The summed E-state index contributed by atoms with van der Waals surface area (Å²) in [5.74, 6) is -0.0655. The van der Waals surface area contributed by atoms with E-state index in [1.807, 2.05) is 12.1 Å². The molecule has 4 N–H and O–H groups in total. The molecule has 1 fully saturated rings. The minimum absolute atomic E-state index is 0.0164. The van der Waals surface area contributed by atoms with Crippen molar-refractivity contribution in [3.05, 3.63) is 58.6 Å². The van der Waals surface area contributed by atoms with E-state index in [0.29, 0.717) is 28.8 Å². The lowest BCUT2D eigenvalue weighted by Gasteiger charge is -2.29. The number of benzene rings is 2. The van der Waals surface area contributed by atoms with Crippen LogP contribution in [-0.4, -0.2) is 51.1 Å². The second kappa shape index (κ2) is 9.89. The number of hydrogen-bond acceptors (Lipinski definition) is 2. The Hall–Kier alpha value is -2.12. The number of anilines is 2. The van der Waals surface area contributed by atoms with Gasteiger partial charge in [-0.25, -0.2) is 0 Å². The Labute approximate surface area is 174 Å². The highest BCUT2D eigenvalue weighted by Crippen LogP contribution is 2.19. The molecule has 6 nitrogen and oxygen atoms in total. The molecular weight excluding hydrogens is 399 g/mol. The van der Waals surface area contributed by atoms with Crippen molar-refractivity contribution >= 4 is 46.4 Å². The number of rotatable bonds is 6. The summed E-state index contributed by atoms with van der Waals surface area (Å²) in [5.41, 5.74) is 1.38. The zero-order valence-corrected chi connectivity index (χ0v) is 16.9. The summed E-state index contributed by atoms with van der Waals surface area (Å²) in [7, 11) is 0. The van der Waals surface area contributed by atoms with Gasteiger partial charge in [0.25, 0.3) is 11.8 Å². The molecule has 0 aliphatic carbocycles. The zero-order valence-electron chi connectivity index (χ0n) is 15.4. The first kappa shape index (κ1) is 20.6. The first-order valence-electron chi connectivity index (χ1n) is 9.26. The number of nitrogens with one attached hydrogen (secondary N) is 4. The highest BCUT2D eigenvalue weighted by molar-refractivity contribution is 6.33. The lowest BCUT2D eigenvalue weighted by Crippen LogP contribution is -3.28. The molecule has 0 atom stereocenters. The summed E-state index contributed by atoms with van der Waals surface area (Å²) in [4.78, 5) is 26.9. The molecule has 3 rings (SSSR count). The minimum Gasteiger partial charge on any atom is -0.321 e. The van der Waals surface area contributed by atoms with Crippen LogP contribution in [0.5, 0.6) is 0 Å². The van der Waals surface area contributed by atoms with E-state index < -0.39 is 0 Å². The number of amides is 2. The van der Waals surface area contributed by atoms with Gasteiger partial charge in [0.1, 0.15) is 26.2 Å². The van der Waals surface area contributed by atoms with Crippen molar-refractivity contribution in [1.82, 2.24) is 0 Å². The molecule has 8 heteroatoms. The van der Waals surface area contributed by atoms with Crippen molar-refractivity contribution in [2.24, 2.45) is 0 Å². The number of para-hydroxylation sites is 1. The van der Waals surface area contributed by atoms with Crippen LogP contribution in [0.3, 0.4) is 0 Å². The van der Waals surface area contributed by atoms with Gasteiger partial charge >= 0.3 is 0 Å². The Morgan fingerprint density at radius 3 is 1.89 bits per heavy atom. The van der Waals surface area contributed by atoms with Crippen LogP contribution in [-0.2, 0) is 9.59 Å². The van der Waals surface area contributed by atoms with Crippen LogP contribution in [0.2, 0.25) is 10.0 Å². The lowest BCUT2D eigenvalue weighted by atomic mass is 10.3. The number of piperazine rings is 1. The maximum Gasteiger partial charge on any atom is 0.279 e. The van der Waals surface area contributed by atoms with E-state index in [1.54, 1.807) is 36.4 Å². The summed E-state index contributed by atoms with van der Waals surface area (Å²) in [5, 5.41) is 6.92. The van der Waals surface area contributed by atoms with Gasteiger partial charge in [0, 0.05) is 10.7 Å². The predicted molar refractivity (Wildman–Crippen MR) is 111 cm³/mol. The van der Waals surface area contributed by atoms with Crippen LogP contribution < -0.4 is 20.4 Å². The van der Waals surface area contributed by atoms with Crippen LogP contribution in [0.15, 0.2) is 48.5 Å². The van der Waals surface area contributed by atoms with Gasteiger partial charge in [0.15, 0.2) is 13.1 Å². The quantitative estimate of drug-likeness (QED) is 0.542. The first-order valence-corrected chi connectivity index (χ1v) is 10.0. The van der Waals surface area contributed by atoms with Gasteiger partial charge in [-0.1, -0.05) is 35.3 Å². The maximum absolute atomic E-state index is 12.2. The largest absolute Gasteiger partial charge is 0.321 e. The summed E-state index contributed by atoms with van der Waals surface area (Å²) in [6.45, 7) is 4.21. The molecule has 28 heavy (non-hydrogen) atoms. The van der Waals surface area contributed by atoms with Gasteiger partial charge in [0.2, 0.25) is 0 Å². The third-order valence-electron chi connectivity index (χ3n) is 4.76. The third-order valence-corrected chi connectivity index (χ3v) is 5.34. The highest BCUT2D eigenvalue weighted by Gasteiger charge is 2.26. The number of carbonyl (C=O) groups is 2. The molecule has 0 unspecified atom stereocenters. The van der Waals surface area contributed by atoms with E-state index in [9.17, 15) is 9.59 Å². The van der Waals surface area contributed by atoms with Gasteiger partial charge in [-0.15, -0.1) is 0 Å². The molecule has 0 aromatic heterocycles. The molecule has 0 bridgehead atoms. The second-order valence-corrected chi connectivity index (χ2v) is 7.78. The van der Waals surface area contributed by atoms with E-state index >= 15 is 0 Å². The smallest absolute Gasteiger partial charge is 0.279 e. The SMILES string of the molecule is O=C(C[NH+]1CC[NH+](CC(=O)Nc2ccccc2Cl)CC1)Nc1ccc(Cl)cc1. The third kappa shape index (κ3) is 6.21. The molecule has 2 aromatic carbocycles. The average molecular weight is 423 g/mol. The van der Waals surface area contributed by atoms with Crippen LogP contribution in [0.25, 0.3) is 0 Å². The van der Waals surface area contributed by atoms with E-state index in [0.717, 1.165) is 31.9 Å². The molecule has 0 spiro atoms. The van der Waals surface area contributed by atoms with Gasteiger partial charge < -0.3 is 20.4 Å². The molecule has 0 saturated carbocycles. The molecule has 1 aliphatic heterocycles. The van der Waals surface area contributed by atoms with E-state index in [1.165, 1.54) is 9.80 Å². The summed E-state index contributed by atoms with van der Waals surface area (Å²) >= 11 is 11.9. The molecule has 148 valence electrons. The lowest BCUT2D eigenvalue weighted by molar-refractivity contribution is -1.00. The number of carbonyl (C=O) groups excluding carboxylic acids is 2. The standard InChI is InChI=1S/C20H22Cl2N4O2/c21-15-5-7-16(8-6-15)23-19(27)13-25-9-11-26(12-10-25)14-20(28)24-18-4-2-1-3-17(18)22/h1-8H,9-14H2,(H,23,27)(H,24,28)/p+2. The van der Waals surface area contributed by atoms with Gasteiger partial charge in [-0.2, -0.15) is 0 Å². The van der Waals surface area contributed by atoms with Gasteiger partial charge in [-0.3, -0.25) is 9.59 Å². The Bertz CT molecular complexity index is 821. The fraction of sp³-hybridized carbons (Fsp3) is 0.300. The van der Waals surface area contributed by atoms with Crippen molar-refractivity contribution in [3.8, 4) is 0 Å². The van der Waals surface area contributed by atoms with Crippen LogP contribution in [0.4, 0.5) is 11.4 Å². The normalized spacial score (nSPS) is 19.1. The molecular formula is C20H24Cl2N4O2+2. The first-order chi connectivity index (χ1) is 13.5. The molecule has 1 heterocycles. The Kier molecular flexibility index (Phi) is 7.28. The van der Waals surface area contributed by atoms with Crippen molar-refractivity contribution in [3.63, 3.8) is 0 Å². The molecule has 1 aliphatic rings. The summed E-state index contributed by atoms with van der Waals surface area (Å²) in [6.07, 6.45) is 0. The molecule has 2 aromatic rings. The Morgan fingerprint density at radius 2 is 1.32 bits per heavy atom. The summed E-state index contributed by atoms with van der Waals surface area (Å²) < 4.78 is 0.